The van der Waals surface area contributed by atoms with E-state index in [2.05, 4.69) is 0 Å². The highest BCUT2D eigenvalue weighted by atomic mass is 32.3. The molecule has 0 aliphatic carbocycles. The highest BCUT2D eigenvalue weighted by molar-refractivity contribution is 7.86. The molecule has 0 unspecified atom stereocenters. The van der Waals surface area contributed by atoms with Gasteiger partial charge in [0.15, 0.2) is 0 Å². The molecule has 10 heavy (non-hydrogen) atoms. The summed E-state index contributed by atoms with van der Waals surface area (Å²) in [5, 5.41) is 8.28. The van der Waals surface area contributed by atoms with Crippen molar-refractivity contribution >= 4 is 10.2 Å². The molecule has 0 amide bonds. The van der Waals surface area contributed by atoms with E-state index in [0.29, 0.717) is 0 Å². The normalized spacial score (nSPS) is 12.6. The Bertz CT molecular complexity index is 249. The average Bonchev–Trinajstić information content (AvgIpc) is 1.60. The molecule has 0 aromatic rings. The van der Waals surface area contributed by atoms with Gasteiger partial charge in [0, 0.05) is 0 Å². The summed E-state index contributed by atoms with van der Waals surface area (Å²) in [6, 6.07) is 1.68. The van der Waals surface area contributed by atoms with Crippen molar-refractivity contribution in [2.24, 2.45) is 5.41 Å². The van der Waals surface area contributed by atoms with Gasteiger partial charge in [-0.1, -0.05) is 0 Å². The maximum absolute atomic E-state index is 11.9. The van der Waals surface area contributed by atoms with E-state index >= 15 is 0 Å². The van der Waals surface area contributed by atoms with Crippen LogP contribution in [0.15, 0.2) is 0 Å². The van der Waals surface area contributed by atoms with Crippen LogP contribution in [0.5, 0.6) is 0 Å². The van der Waals surface area contributed by atoms with Crippen LogP contribution in [-0.2, 0) is 10.2 Å². The predicted molar refractivity (Wildman–Crippen MR) is 34.3 cm³/mol. The molecule has 0 rings (SSSR count). The lowest BCUT2D eigenvalue weighted by molar-refractivity contribution is 0.503. The van der Waals surface area contributed by atoms with Gasteiger partial charge in [0.1, 0.15) is 0 Å². The van der Waals surface area contributed by atoms with Crippen molar-refractivity contribution in [1.82, 2.24) is 0 Å². The first-order valence-electron chi connectivity index (χ1n) is 2.60. The summed E-state index contributed by atoms with van der Waals surface area (Å²) >= 11 is 0. The van der Waals surface area contributed by atoms with Gasteiger partial charge in [-0.3, -0.25) is 0 Å². The van der Waals surface area contributed by atoms with Crippen LogP contribution in [0.1, 0.15) is 13.8 Å². The maximum atomic E-state index is 11.9. The van der Waals surface area contributed by atoms with Crippen LogP contribution in [0.25, 0.3) is 0 Å². The van der Waals surface area contributed by atoms with Gasteiger partial charge in [0.05, 0.1) is 17.2 Å². The topological polar surface area (TPSA) is 57.9 Å². The van der Waals surface area contributed by atoms with E-state index in [-0.39, 0.29) is 0 Å². The van der Waals surface area contributed by atoms with Gasteiger partial charge in [-0.2, -0.15) is 13.7 Å². The largest absolute Gasteiger partial charge is 0.303 e. The third-order valence-corrected chi connectivity index (χ3v) is 1.90. The molecular formula is C5H8FNO2S. The standard InChI is InChI=1S/C5H8FNO2S/c1-5(2,3-7)4-10(6,8)9/h4H2,1-2H3. The smallest absolute Gasteiger partial charge is 0.198 e. The molecule has 0 heterocycles. The third-order valence-electron chi connectivity index (χ3n) is 0.836. The molecule has 0 N–H and O–H groups in total. The number of halogens is 1. The second kappa shape index (κ2) is 2.54. The first kappa shape index (κ1) is 9.37. The molecule has 0 saturated carbocycles. The molecule has 0 aliphatic heterocycles. The molecule has 3 nitrogen and oxygen atoms in total. The van der Waals surface area contributed by atoms with E-state index in [9.17, 15) is 12.3 Å². The fraction of sp³-hybridized carbons (Fsp3) is 0.800. The highest BCUT2D eigenvalue weighted by Crippen LogP contribution is 2.16. The second-order valence-electron chi connectivity index (χ2n) is 2.68. The Morgan fingerprint density at radius 1 is 1.60 bits per heavy atom. The third kappa shape index (κ3) is 4.27. The molecule has 0 aromatic heterocycles. The number of hydrogen-bond donors (Lipinski definition) is 0. The Hall–Kier alpha value is -0.630. The van der Waals surface area contributed by atoms with E-state index in [1.165, 1.54) is 13.8 Å². The van der Waals surface area contributed by atoms with Crippen LogP contribution < -0.4 is 0 Å². The van der Waals surface area contributed by atoms with Crippen LogP contribution in [0, 0.1) is 16.7 Å². The van der Waals surface area contributed by atoms with Gasteiger partial charge in [0.25, 0.3) is 0 Å². The molecule has 0 radical (unpaired) electrons. The van der Waals surface area contributed by atoms with Gasteiger partial charge < -0.3 is 0 Å². The zero-order valence-corrected chi connectivity index (χ0v) is 6.57. The van der Waals surface area contributed by atoms with Crippen molar-refractivity contribution in [3.63, 3.8) is 0 Å². The Kier molecular flexibility index (Phi) is 2.38. The Balaban J connectivity index is 4.35. The van der Waals surface area contributed by atoms with E-state index in [1.54, 1.807) is 6.07 Å². The van der Waals surface area contributed by atoms with Crippen molar-refractivity contribution in [3.8, 4) is 6.07 Å². The zero-order valence-electron chi connectivity index (χ0n) is 5.76. The van der Waals surface area contributed by atoms with E-state index in [4.69, 9.17) is 5.26 Å². The molecule has 0 aliphatic rings. The van der Waals surface area contributed by atoms with Crippen LogP contribution >= 0.6 is 0 Å². The SMILES string of the molecule is CC(C)(C#N)CS(=O)(=O)F. The number of rotatable bonds is 2. The maximum Gasteiger partial charge on any atom is 0.303 e. The molecule has 58 valence electrons. The number of nitriles is 1. The molecule has 0 fully saturated rings. The van der Waals surface area contributed by atoms with E-state index in [0.717, 1.165) is 0 Å². The summed E-state index contributed by atoms with van der Waals surface area (Å²) in [6.45, 7) is 2.73. The lowest BCUT2D eigenvalue weighted by atomic mass is 10.00. The van der Waals surface area contributed by atoms with E-state index in [1.807, 2.05) is 0 Å². The summed E-state index contributed by atoms with van der Waals surface area (Å²) in [7, 11) is -4.52. The van der Waals surface area contributed by atoms with Crippen molar-refractivity contribution in [3.05, 3.63) is 0 Å². The highest BCUT2D eigenvalue weighted by Gasteiger charge is 2.25. The van der Waals surface area contributed by atoms with Gasteiger partial charge in [-0.05, 0) is 13.8 Å². The summed E-state index contributed by atoms with van der Waals surface area (Å²) in [6.07, 6.45) is 0. The van der Waals surface area contributed by atoms with Crippen LogP contribution in [0.3, 0.4) is 0 Å². The first-order valence-corrected chi connectivity index (χ1v) is 4.16. The lowest BCUT2D eigenvalue weighted by Crippen LogP contribution is -2.19. The van der Waals surface area contributed by atoms with Crippen molar-refractivity contribution in [2.45, 2.75) is 13.8 Å². The van der Waals surface area contributed by atoms with Gasteiger partial charge in [-0.15, -0.1) is 3.89 Å². The van der Waals surface area contributed by atoms with Crippen LogP contribution in [-0.4, -0.2) is 14.2 Å². The number of hydrogen-bond acceptors (Lipinski definition) is 3. The van der Waals surface area contributed by atoms with Gasteiger partial charge in [0.2, 0.25) is 0 Å². The summed E-state index contributed by atoms with van der Waals surface area (Å²) < 4.78 is 31.9. The van der Waals surface area contributed by atoms with E-state index < -0.39 is 21.4 Å². The monoisotopic (exact) mass is 165 g/mol. The van der Waals surface area contributed by atoms with Crippen molar-refractivity contribution < 1.29 is 12.3 Å². The molecule has 0 saturated heterocycles. The molecule has 0 atom stereocenters. The summed E-state index contributed by atoms with van der Waals surface area (Å²) in [4.78, 5) is 0. The van der Waals surface area contributed by atoms with Crippen molar-refractivity contribution in [1.29, 1.82) is 5.26 Å². The Morgan fingerprint density at radius 2 is 2.00 bits per heavy atom. The molecule has 0 spiro atoms. The zero-order chi connectivity index (χ0) is 8.41. The molecule has 0 bridgehead atoms. The Labute approximate surface area is 59.7 Å². The summed E-state index contributed by atoms with van der Waals surface area (Å²) in [5.74, 6) is -0.740. The predicted octanol–water partition coefficient (Wildman–Crippen LogP) is 0.835. The molecular weight excluding hydrogens is 157 g/mol. The summed E-state index contributed by atoms with van der Waals surface area (Å²) in [5.41, 5.74) is -1.13. The molecule has 0 aromatic carbocycles. The fourth-order valence-corrected chi connectivity index (χ4v) is 1.39. The first-order chi connectivity index (χ1) is 4.27. The minimum Gasteiger partial charge on any atom is -0.198 e. The average molecular weight is 165 g/mol. The van der Waals surface area contributed by atoms with Gasteiger partial charge in [-0.25, -0.2) is 0 Å². The van der Waals surface area contributed by atoms with Crippen molar-refractivity contribution in [2.75, 3.05) is 5.75 Å². The minimum absolute atomic E-state index is 0.740. The van der Waals surface area contributed by atoms with Crippen LogP contribution in [0.4, 0.5) is 3.89 Å². The second-order valence-corrected chi connectivity index (χ2v) is 4.05. The van der Waals surface area contributed by atoms with Crippen LogP contribution in [0.2, 0.25) is 0 Å². The van der Waals surface area contributed by atoms with Gasteiger partial charge >= 0.3 is 10.2 Å². The lowest BCUT2D eigenvalue weighted by Gasteiger charge is -2.09. The minimum atomic E-state index is -4.52. The molecule has 5 heteroatoms. The number of nitrogens with zero attached hydrogens (tertiary/aromatic N) is 1. The quantitative estimate of drug-likeness (QED) is 0.569. The fourth-order valence-electron chi connectivity index (χ4n) is 0.463. The Morgan fingerprint density at radius 3 is 2.10 bits per heavy atom.